The zero-order chi connectivity index (χ0) is 13.0. The van der Waals surface area contributed by atoms with Crippen molar-refractivity contribution in [2.45, 2.75) is 70.0 Å². The van der Waals surface area contributed by atoms with Gasteiger partial charge in [0.1, 0.15) is 0 Å². The third-order valence-electron chi connectivity index (χ3n) is 5.06. The van der Waals surface area contributed by atoms with Crippen molar-refractivity contribution >= 4 is 0 Å². The first-order chi connectivity index (χ1) is 8.64. The van der Waals surface area contributed by atoms with Crippen molar-refractivity contribution in [1.82, 2.24) is 0 Å². The lowest BCUT2D eigenvalue weighted by Crippen LogP contribution is -2.41. The van der Waals surface area contributed by atoms with Gasteiger partial charge in [-0.05, 0) is 56.8 Å². The van der Waals surface area contributed by atoms with Crippen molar-refractivity contribution < 1.29 is 9.84 Å². The van der Waals surface area contributed by atoms with Crippen LogP contribution in [0.1, 0.15) is 58.3 Å². The molecule has 2 saturated carbocycles. The van der Waals surface area contributed by atoms with Crippen LogP contribution in [-0.4, -0.2) is 30.0 Å². The molecule has 106 valence electrons. The predicted molar refractivity (Wildman–Crippen MR) is 73.3 cm³/mol. The second-order valence-corrected chi connectivity index (χ2v) is 6.44. The summed E-state index contributed by atoms with van der Waals surface area (Å²) in [7, 11) is 0. The van der Waals surface area contributed by atoms with Gasteiger partial charge >= 0.3 is 0 Å². The smallest absolute Gasteiger partial charge is 0.0798 e. The molecule has 0 saturated heterocycles. The molecule has 3 N–H and O–H groups in total. The number of aliphatic hydroxyl groups is 1. The van der Waals surface area contributed by atoms with Crippen molar-refractivity contribution in [3.8, 4) is 0 Å². The van der Waals surface area contributed by atoms with Gasteiger partial charge in [0.15, 0.2) is 0 Å². The lowest BCUT2D eigenvalue weighted by Gasteiger charge is -2.30. The number of hydrogen-bond acceptors (Lipinski definition) is 3. The third-order valence-corrected chi connectivity index (χ3v) is 5.06. The van der Waals surface area contributed by atoms with Crippen LogP contribution in [0.4, 0.5) is 0 Å². The fourth-order valence-electron chi connectivity index (χ4n) is 3.58. The quantitative estimate of drug-likeness (QED) is 0.793. The summed E-state index contributed by atoms with van der Waals surface area (Å²) in [6.45, 7) is 3.53. The van der Waals surface area contributed by atoms with Crippen LogP contribution in [0.25, 0.3) is 0 Å². The van der Waals surface area contributed by atoms with Crippen LogP contribution in [-0.2, 0) is 4.74 Å². The summed E-state index contributed by atoms with van der Waals surface area (Å²) >= 11 is 0. The Morgan fingerprint density at radius 2 is 1.94 bits per heavy atom. The van der Waals surface area contributed by atoms with Crippen LogP contribution >= 0.6 is 0 Å². The van der Waals surface area contributed by atoms with Crippen molar-refractivity contribution in [3.63, 3.8) is 0 Å². The number of ether oxygens (including phenoxy) is 1. The van der Waals surface area contributed by atoms with Gasteiger partial charge in [-0.15, -0.1) is 0 Å². The van der Waals surface area contributed by atoms with E-state index in [-0.39, 0.29) is 0 Å². The van der Waals surface area contributed by atoms with E-state index in [0.29, 0.717) is 18.6 Å². The monoisotopic (exact) mass is 255 g/mol. The first-order valence-electron chi connectivity index (χ1n) is 7.68. The predicted octanol–water partition coefficient (Wildman–Crippen LogP) is 2.46. The molecule has 18 heavy (non-hydrogen) atoms. The van der Waals surface area contributed by atoms with E-state index in [4.69, 9.17) is 10.5 Å². The average Bonchev–Trinajstić information content (AvgIpc) is 2.74. The summed E-state index contributed by atoms with van der Waals surface area (Å²) < 4.78 is 5.98. The van der Waals surface area contributed by atoms with Gasteiger partial charge in [0.2, 0.25) is 0 Å². The Bertz CT molecular complexity index is 251. The van der Waals surface area contributed by atoms with Crippen molar-refractivity contribution in [2.75, 3.05) is 13.2 Å². The van der Waals surface area contributed by atoms with Crippen LogP contribution in [0.15, 0.2) is 0 Å². The number of hydrogen-bond donors (Lipinski definition) is 2. The minimum absolute atomic E-state index is 0.352. The molecule has 0 amide bonds. The van der Waals surface area contributed by atoms with Crippen molar-refractivity contribution in [3.05, 3.63) is 0 Å². The molecule has 0 heterocycles. The van der Waals surface area contributed by atoms with Crippen molar-refractivity contribution in [1.29, 1.82) is 0 Å². The SMILES string of the molecule is CC1CCC(OCCC2CCCC2(O)CN)CC1. The Hall–Kier alpha value is -0.120. The highest BCUT2D eigenvalue weighted by molar-refractivity contribution is 4.92. The van der Waals surface area contributed by atoms with Gasteiger partial charge in [-0.25, -0.2) is 0 Å². The minimum atomic E-state index is -0.607. The van der Waals surface area contributed by atoms with Crippen LogP contribution in [0, 0.1) is 11.8 Å². The maximum atomic E-state index is 10.4. The fraction of sp³-hybridized carbons (Fsp3) is 1.00. The topological polar surface area (TPSA) is 55.5 Å². The fourth-order valence-corrected chi connectivity index (χ4v) is 3.58. The highest BCUT2D eigenvalue weighted by atomic mass is 16.5. The summed E-state index contributed by atoms with van der Waals surface area (Å²) in [6.07, 6.45) is 9.57. The van der Waals surface area contributed by atoms with Gasteiger partial charge in [0, 0.05) is 13.2 Å². The Morgan fingerprint density at radius 3 is 2.61 bits per heavy atom. The van der Waals surface area contributed by atoms with E-state index in [2.05, 4.69) is 6.92 Å². The van der Waals surface area contributed by atoms with Gasteiger partial charge in [-0.3, -0.25) is 0 Å². The molecule has 0 aromatic rings. The van der Waals surface area contributed by atoms with Gasteiger partial charge < -0.3 is 15.6 Å². The van der Waals surface area contributed by atoms with E-state index in [1.165, 1.54) is 25.7 Å². The molecule has 2 atom stereocenters. The summed E-state index contributed by atoms with van der Waals surface area (Å²) in [4.78, 5) is 0. The largest absolute Gasteiger partial charge is 0.388 e. The molecule has 2 aliphatic rings. The van der Waals surface area contributed by atoms with E-state index in [9.17, 15) is 5.11 Å². The number of nitrogens with two attached hydrogens (primary N) is 1. The average molecular weight is 255 g/mol. The molecule has 0 spiro atoms. The molecule has 0 bridgehead atoms. The maximum absolute atomic E-state index is 10.4. The first-order valence-corrected chi connectivity index (χ1v) is 7.68. The molecular formula is C15H29NO2. The number of rotatable bonds is 5. The molecular weight excluding hydrogens is 226 g/mol. The zero-order valence-electron chi connectivity index (χ0n) is 11.7. The molecule has 2 unspecified atom stereocenters. The normalized spacial score (nSPS) is 41.2. The summed E-state index contributed by atoms with van der Waals surface area (Å²) in [5.74, 6) is 1.23. The van der Waals surface area contributed by atoms with Crippen LogP contribution in [0.2, 0.25) is 0 Å². The maximum Gasteiger partial charge on any atom is 0.0798 e. The van der Waals surface area contributed by atoms with E-state index in [1.54, 1.807) is 0 Å². The highest BCUT2D eigenvalue weighted by Gasteiger charge is 2.39. The minimum Gasteiger partial charge on any atom is -0.388 e. The van der Waals surface area contributed by atoms with E-state index < -0.39 is 5.60 Å². The standard InChI is InChI=1S/C15H29NO2/c1-12-4-6-14(7-5-12)18-10-8-13-3-2-9-15(13,17)11-16/h12-14,17H,2-11,16H2,1H3. The molecule has 0 aromatic carbocycles. The molecule has 0 aromatic heterocycles. The second-order valence-electron chi connectivity index (χ2n) is 6.44. The third kappa shape index (κ3) is 3.46. The van der Waals surface area contributed by atoms with Gasteiger partial charge in [-0.1, -0.05) is 13.3 Å². The van der Waals surface area contributed by atoms with Crippen LogP contribution < -0.4 is 5.73 Å². The second kappa shape index (κ2) is 6.36. The van der Waals surface area contributed by atoms with E-state index in [1.807, 2.05) is 0 Å². The molecule has 0 aliphatic heterocycles. The molecule has 3 nitrogen and oxygen atoms in total. The lowest BCUT2D eigenvalue weighted by atomic mass is 9.88. The van der Waals surface area contributed by atoms with E-state index in [0.717, 1.165) is 38.2 Å². The zero-order valence-corrected chi connectivity index (χ0v) is 11.7. The Balaban J connectivity index is 1.66. The van der Waals surface area contributed by atoms with Crippen LogP contribution in [0.5, 0.6) is 0 Å². The Labute approximate surface area is 111 Å². The van der Waals surface area contributed by atoms with Gasteiger partial charge in [-0.2, -0.15) is 0 Å². The Morgan fingerprint density at radius 1 is 1.22 bits per heavy atom. The molecule has 2 aliphatic carbocycles. The molecule has 2 fully saturated rings. The summed E-state index contributed by atoms with van der Waals surface area (Å²) in [6, 6.07) is 0. The first kappa shape index (κ1) is 14.3. The van der Waals surface area contributed by atoms with Gasteiger partial charge in [0.25, 0.3) is 0 Å². The lowest BCUT2D eigenvalue weighted by molar-refractivity contribution is -0.0247. The highest BCUT2D eigenvalue weighted by Crippen LogP contribution is 2.37. The molecule has 0 radical (unpaired) electrons. The van der Waals surface area contributed by atoms with E-state index >= 15 is 0 Å². The molecule has 2 rings (SSSR count). The summed E-state index contributed by atoms with van der Waals surface area (Å²) in [5, 5.41) is 10.4. The van der Waals surface area contributed by atoms with Crippen molar-refractivity contribution in [2.24, 2.45) is 17.6 Å². The Kier molecular flexibility index (Phi) is 5.05. The molecule has 3 heteroatoms. The van der Waals surface area contributed by atoms with Crippen LogP contribution in [0.3, 0.4) is 0 Å². The summed E-state index contributed by atoms with van der Waals surface area (Å²) in [5.41, 5.74) is 5.09. The van der Waals surface area contributed by atoms with Gasteiger partial charge in [0.05, 0.1) is 11.7 Å².